The van der Waals surface area contributed by atoms with E-state index in [1.54, 1.807) is 11.3 Å². The molecule has 0 amide bonds. The number of hydrogen-bond donors (Lipinski definition) is 1. The van der Waals surface area contributed by atoms with Crippen molar-refractivity contribution >= 4 is 16.5 Å². The van der Waals surface area contributed by atoms with Crippen molar-refractivity contribution < 1.29 is 4.74 Å². The van der Waals surface area contributed by atoms with Crippen molar-refractivity contribution in [2.24, 2.45) is 0 Å². The van der Waals surface area contributed by atoms with Crippen LogP contribution in [0.3, 0.4) is 0 Å². The molecular weight excluding hydrogens is 184 g/mol. The Hall–Kier alpha value is -0.610. The third-order valence-electron chi connectivity index (χ3n) is 2.32. The van der Waals surface area contributed by atoms with Gasteiger partial charge in [-0.1, -0.05) is 0 Å². The van der Waals surface area contributed by atoms with Crippen LogP contribution in [0, 0.1) is 0 Å². The van der Waals surface area contributed by atoms with Crippen molar-refractivity contribution in [2.75, 3.05) is 5.73 Å². The third-order valence-corrected chi connectivity index (χ3v) is 3.17. The lowest BCUT2D eigenvalue weighted by Gasteiger charge is -2.08. The topological polar surface area (TPSA) is 48.1 Å². The number of nitrogen functional groups attached to an aromatic ring is 1. The van der Waals surface area contributed by atoms with Crippen molar-refractivity contribution in [3.05, 3.63) is 11.1 Å². The van der Waals surface area contributed by atoms with Gasteiger partial charge in [0.25, 0.3) is 0 Å². The molecule has 3 nitrogen and oxygen atoms in total. The average Bonchev–Trinajstić information content (AvgIpc) is 2.62. The number of aromatic nitrogens is 1. The second-order valence-corrected chi connectivity index (χ2v) is 4.66. The quantitative estimate of drug-likeness (QED) is 0.788. The van der Waals surface area contributed by atoms with Crippen LogP contribution in [0.25, 0.3) is 0 Å². The summed E-state index contributed by atoms with van der Waals surface area (Å²) in [5.74, 6) is 0. The van der Waals surface area contributed by atoms with E-state index in [0.717, 1.165) is 6.42 Å². The maximum Gasteiger partial charge on any atom is 0.180 e. The number of nitrogens with two attached hydrogens (primary N) is 1. The Kier molecular flexibility index (Phi) is 2.51. The zero-order valence-electron chi connectivity index (χ0n) is 7.69. The van der Waals surface area contributed by atoms with Crippen LogP contribution in [0.15, 0.2) is 6.20 Å². The summed E-state index contributed by atoms with van der Waals surface area (Å²) in [5.41, 5.74) is 5.55. The van der Waals surface area contributed by atoms with Crippen molar-refractivity contribution in [3.8, 4) is 0 Å². The summed E-state index contributed by atoms with van der Waals surface area (Å²) in [7, 11) is 0. The van der Waals surface area contributed by atoms with Gasteiger partial charge in [0.1, 0.15) is 0 Å². The summed E-state index contributed by atoms with van der Waals surface area (Å²) < 4.78 is 5.71. The summed E-state index contributed by atoms with van der Waals surface area (Å²) >= 11 is 1.56. The highest BCUT2D eigenvalue weighted by molar-refractivity contribution is 7.15. The molecule has 4 heteroatoms. The second kappa shape index (κ2) is 3.64. The van der Waals surface area contributed by atoms with Gasteiger partial charge in [0.15, 0.2) is 5.13 Å². The average molecular weight is 198 g/mol. The first kappa shape index (κ1) is 8.97. The molecule has 0 bridgehead atoms. The highest BCUT2D eigenvalue weighted by atomic mass is 32.1. The Morgan fingerprint density at radius 1 is 1.69 bits per heavy atom. The number of anilines is 1. The van der Waals surface area contributed by atoms with Gasteiger partial charge in [-0.05, 0) is 19.8 Å². The fraction of sp³-hybridized carbons (Fsp3) is 0.667. The Morgan fingerprint density at radius 2 is 2.54 bits per heavy atom. The molecule has 72 valence electrons. The molecule has 0 radical (unpaired) electrons. The largest absolute Gasteiger partial charge is 0.375 e. The molecule has 13 heavy (non-hydrogen) atoms. The SMILES string of the molecule is CC1CCC(Cc2cnc(N)s2)O1. The van der Waals surface area contributed by atoms with Gasteiger partial charge >= 0.3 is 0 Å². The Balaban J connectivity index is 1.91. The number of ether oxygens (including phenoxy) is 1. The lowest BCUT2D eigenvalue weighted by Crippen LogP contribution is -2.10. The van der Waals surface area contributed by atoms with Gasteiger partial charge in [-0.25, -0.2) is 4.98 Å². The first-order chi connectivity index (χ1) is 6.24. The molecule has 2 N–H and O–H groups in total. The van der Waals surface area contributed by atoms with E-state index in [1.165, 1.54) is 17.7 Å². The van der Waals surface area contributed by atoms with E-state index >= 15 is 0 Å². The molecule has 1 aromatic heterocycles. The van der Waals surface area contributed by atoms with Crippen LogP contribution in [-0.2, 0) is 11.2 Å². The number of rotatable bonds is 2. The molecule has 1 aliphatic heterocycles. The zero-order valence-corrected chi connectivity index (χ0v) is 8.51. The van der Waals surface area contributed by atoms with Crippen LogP contribution < -0.4 is 5.73 Å². The maximum absolute atomic E-state index is 5.71. The van der Waals surface area contributed by atoms with Crippen molar-refractivity contribution in [3.63, 3.8) is 0 Å². The second-order valence-electron chi connectivity index (χ2n) is 3.51. The van der Waals surface area contributed by atoms with E-state index in [4.69, 9.17) is 10.5 Å². The summed E-state index contributed by atoms with van der Waals surface area (Å²) in [5, 5.41) is 0.654. The third kappa shape index (κ3) is 2.19. The van der Waals surface area contributed by atoms with Gasteiger partial charge in [-0.3, -0.25) is 0 Å². The van der Waals surface area contributed by atoms with Crippen molar-refractivity contribution in [1.29, 1.82) is 0 Å². The van der Waals surface area contributed by atoms with Gasteiger partial charge < -0.3 is 10.5 Å². The van der Waals surface area contributed by atoms with E-state index in [2.05, 4.69) is 11.9 Å². The van der Waals surface area contributed by atoms with E-state index < -0.39 is 0 Å². The Labute approximate surface area is 81.9 Å². The standard InChI is InChI=1S/C9H14N2OS/c1-6-2-3-7(12-6)4-8-5-11-9(10)13-8/h5-7H,2-4H2,1H3,(H2,10,11). The molecule has 0 aliphatic carbocycles. The molecule has 2 unspecified atom stereocenters. The van der Waals surface area contributed by atoms with Crippen molar-refractivity contribution in [2.45, 2.75) is 38.4 Å². The van der Waals surface area contributed by atoms with Crippen LogP contribution >= 0.6 is 11.3 Å². The van der Waals surface area contributed by atoms with Gasteiger partial charge in [0.05, 0.1) is 12.2 Å². The molecular formula is C9H14N2OS. The summed E-state index contributed by atoms with van der Waals surface area (Å²) in [4.78, 5) is 5.25. The van der Waals surface area contributed by atoms with Crippen molar-refractivity contribution in [1.82, 2.24) is 4.98 Å². The first-order valence-electron chi connectivity index (χ1n) is 4.59. The molecule has 0 spiro atoms. The van der Waals surface area contributed by atoms with Crippen LogP contribution in [-0.4, -0.2) is 17.2 Å². The minimum atomic E-state index is 0.384. The van der Waals surface area contributed by atoms with Crippen LogP contribution in [0.2, 0.25) is 0 Å². The Morgan fingerprint density at radius 3 is 3.08 bits per heavy atom. The normalized spacial score (nSPS) is 28.1. The molecule has 2 heterocycles. The molecule has 2 atom stereocenters. The molecule has 1 aromatic rings. The van der Waals surface area contributed by atoms with Crippen LogP contribution in [0.1, 0.15) is 24.6 Å². The first-order valence-corrected chi connectivity index (χ1v) is 5.41. The van der Waals surface area contributed by atoms with Crippen LogP contribution in [0.5, 0.6) is 0 Å². The summed E-state index contributed by atoms with van der Waals surface area (Å²) in [6.07, 6.45) is 5.98. The van der Waals surface area contributed by atoms with Crippen LogP contribution in [0.4, 0.5) is 5.13 Å². The highest BCUT2D eigenvalue weighted by Crippen LogP contribution is 2.25. The molecule has 0 saturated carbocycles. The fourth-order valence-electron chi connectivity index (χ4n) is 1.68. The van der Waals surface area contributed by atoms with Gasteiger partial charge in [-0.15, -0.1) is 11.3 Å². The zero-order chi connectivity index (χ0) is 9.26. The van der Waals surface area contributed by atoms with E-state index in [-0.39, 0.29) is 0 Å². The molecule has 0 aromatic carbocycles. The minimum absolute atomic E-state index is 0.384. The number of nitrogens with zero attached hydrogens (tertiary/aromatic N) is 1. The highest BCUT2D eigenvalue weighted by Gasteiger charge is 2.22. The smallest absolute Gasteiger partial charge is 0.180 e. The van der Waals surface area contributed by atoms with Gasteiger partial charge in [0, 0.05) is 17.5 Å². The predicted octanol–water partition coefficient (Wildman–Crippen LogP) is 1.84. The minimum Gasteiger partial charge on any atom is -0.375 e. The Bertz CT molecular complexity index is 287. The lowest BCUT2D eigenvalue weighted by atomic mass is 10.1. The molecule has 1 aliphatic rings. The maximum atomic E-state index is 5.71. The molecule has 1 saturated heterocycles. The lowest BCUT2D eigenvalue weighted by molar-refractivity contribution is 0.0568. The number of hydrogen-bond acceptors (Lipinski definition) is 4. The molecule has 1 fully saturated rings. The summed E-state index contributed by atoms with van der Waals surface area (Å²) in [6, 6.07) is 0. The number of thiazole rings is 1. The van der Waals surface area contributed by atoms with Gasteiger partial charge in [0.2, 0.25) is 0 Å². The summed E-state index contributed by atoms with van der Waals surface area (Å²) in [6.45, 7) is 2.13. The fourth-order valence-corrected chi connectivity index (χ4v) is 2.43. The monoisotopic (exact) mass is 198 g/mol. The van der Waals surface area contributed by atoms with Gasteiger partial charge in [-0.2, -0.15) is 0 Å². The van der Waals surface area contributed by atoms with E-state index in [9.17, 15) is 0 Å². The molecule has 2 rings (SSSR count). The predicted molar refractivity (Wildman–Crippen MR) is 53.8 cm³/mol. The van der Waals surface area contributed by atoms with E-state index in [1.807, 2.05) is 6.20 Å². The van der Waals surface area contributed by atoms with E-state index in [0.29, 0.717) is 17.3 Å².